The first-order valence-electron chi connectivity index (χ1n) is 6.45. The van der Waals surface area contributed by atoms with Crippen molar-refractivity contribution in [1.82, 2.24) is 4.98 Å². The lowest BCUT2D eigenvalue weighted by Gasteiger charge is -2.03. The van der Waals surface area contributed by atoms with Crippen LogP contribution in [-0.2, 0) is 0 Å². The Morgan fingerprint density at radius 2 is 2.18 bits per heavy atom. The molecule has 3 rings (SSSR count). The Balaban J connectivity index is 1.83. The number of hydrogen-bond acceptors (Lipinski definition) is 5. The molecule has 0 bridgehead atoms. The molecule has 4 N–H and O–H groups in total. The zero-order valence-corrected chi connectivity index (χ0v) is 12.2. The van der Waals surface area contributed by atoms with E-state index >= 15 is 0 Å². The Bertz CT molecular complexity index is 832. The first-order chi connectivity index (χ1) is 10.6. The molecule has 0 saturated heterocycles. The number of hydrogen-bond donors (Lipinski definition) is 3. The van der Waals surface area contributed by atoms with Crippen LogP contribution in [0.5, 0.6) is 0 Å². The van der Waals surface area contributed by atoms with Gasteiger partial charge < -0.3 is 11.1 Å². The van der Waals surface area contributed by atoms with Gasteiger partial charge in [0.05, 0.1) is 11.3 Å². The average molecular weight is 313 g/mol. The highest BCUT2D eigenvalue weighted by Crippen LogP contribution is 2.26. The molecule has 0 aliphatic heterocycles. The zero-order chi connectivity index (χ0) is 15.5. The second kappa shape index (κ2) is 5.82. The third-order valence-electron chi connectivity index (χ3n) is 2.98. The van der Waals surface area contributed by atoms with Gasteiger partial charge in [-0.05, 0) is 24.3 Å². The van der Waals surface area contributed by atoms with E-state index in [1.807, 2.05) is 17.5 Å². The number of carbonyl (C=O) groups is 1. The van der Waals surface area contributed by atoms with Crippen LogP contribution in [0.1, 0.15) is 10.4 Å². The van der Waals surface area contributed by atoms with Gasteiger partial charge >= 0.3 is 0 Å². The van der Waals surface area contributed by atoms with Gasteiger partial charge in [0, 0.05) is 27.4 Å². The third-order valence-corrected chi connectivity index (χ3v) is 3.74. The number of nitrogens with one attached hydrogen (secondary N) is 1. The van der Waals surface area contributed by atoms with Crippen molar-refractivity contribution in [2.24, 2.45) is 5.73 Å². The fourth-order valence-electron chi connectivity index (χ4n) is 1.95. The molecule has 0 aliphatic carbocycles. The number of nitrogens with two attached hydrogens (primary N) is 1. The minimum Gasteiger partial charge on any atom is -0.366 e. The predicted octanol–water partition coefficient (Wildman–Crippen LogP) is 2.18. The Morgan fingerprint density at radius 3 is 2.95 bits per heavy atom. The van der Waals surface area contributed by atoms with Crippen molar-refractivity contribution >= 4 is 28.1 Å². The molecule has 2 heterocycles. The molecule has 22 heavy (non-hydrogen) atoms. The second-order valence-electron chi connectivity index (χ2n) is 4.58. The van der Waals surface area contributed by atoms with Crippen LogP contribution >= 0.6 is 11.3 Å². The molecule has 7 heteroatoms. The van der Waals surface area contributed by atoms with E-state index in [9.17, 15) is 10.0 Å². The fourth-order valence-corrected chi connectivity index (χ4v) is 2.69. The molecule has 1 amide bonds. The number of anilines is 2. The molecule has 0 spiro atoms. The quantitative estimate of drug-likeness (QED) is 0.508. The number of nitrogens with zero attached hydrogens (tertiary/aromatic N) is 2. The van der Waals surface area contributed by atoms with Crippen LogP contribution in [0.15, 0.2) is 54.2 Å². The van der Waals surface area contributed by atoms with E-state index in [0.29, 0.717) is 10.7 Å². The Kier molecular flexibility index (Phi) is 3.71. The number of benzene rings is 1. The van der Waals surface area contributed by atoms with E-state index in [1.165, 1.54) is 17.5 Å². The molecule has 0 atom stereocenters. The minimum atomic E-state index is -0.472. The van der Waals surface area contributed by atoms with Crippen LogP contribution in [0, 0.1) is 0 Å². The Hall–Kier alpha value is -2.93. The summed E-state index contributed by atoms with van der Waals surface area (Å²) in [6.07, 6.45) is 3.11. The molecule has 6 nitrogen and oxygen atoms in total. The molecule has 0 unspecified atom stereocenters. The lowest BCUT2D eigenvalue weighted by Crippen LogP contribution is -2.28. The van der Waals surface area contributed by atoms with Crippen molar-refractivity contribution in [1.29, 1.82) is 0 Å². The Labute approximate surface area is 130 Å². The second-order valence-corrected chi connectivity index (χ2v) is 5.44. The van der Waals surface area contributed by atoms with E-state index in [4.69, 9.17) is 5.73 Å². The third kappa shape index (κ3) is 3.04. The van der Waals surface area contributed by atoms with Gasteiger partial charge in [-0.2, -0.15) is 0 Å². The van der Waals surface area contributed by atoms with E-state index in [1.54, 1.807) is 30.5 Å². The highest BCUT2D eigenvalue weighted by Gasteiger charge is 2.09. The summed E-state index contributed by atoms with van der Waals surface area (Å²) in [5.41, 5.74) is 8.00. The molecule has 0 radical (unpaired) electrons. The fraction of sp³-hybridized carbons (Fsp3) is 0. The summed E-state index contributed by atoms with van der Waals surface area (Å²) in [4.78, 5) is 15.6. The normalized spacial score (nSPS) is 10.4. The van der Waals surface area contributed by atoms with E-state index in [0.717, 1.165) is 21.7 Å². The zero-order valence-electron chi connectivity index (χ0n) is 11.4. The highest BCUT2D eigenvalue weighted by atomic mass is 32.1. The predicted molar refractivity (Wildman–Crippen MR) is 83.2 cm³/mol. The lowest BCUT2D eigenvalue weighted by atomic mass is 10.2. The van der Waals surface area contributed by atoms with Crippen molar-refractivity contribution in [3.05, 3.63) is 59.7 Å². The van der Waals surface area contributed by atoms with Crippen LogP contribution in [0.4, 0.5) is 10.8 Å². The number of carbonyl (C=O) groups excluding carboxylic acids is 1. The molecule has 0 fully saturated rings. The van der Waals surface area contributed by atoms with Gasteiger partial charge in [0.1, 0.15) is 0 Å². The van der Waals surface area contributed by atoms with Gasteiger partial charge in [0.25, 0.3) is 0 Å². The molecule has 110 valence electrons. The van der Waals surface area contributed by atoms with Gasteiger partial charge in [-0.25, -0.2) is 4.98 Å². The highest BCUT2D eigenvalue weighted by molar-refractivity contribution is 7.14. The van der Waals surface area contributed by atoms with Crippen LogP contribution in [0.25, 0.3) is 11.3 Å². The molecule has 0 saturated carbocycles. The van der Waals surface area contributed by atoms with Crippen LogP contribution in [0.3, 0.4) is 0 Å². The topological polar surface area (TPSA) is 92.1 Å². The maximum absolute atomic E-state index is 11.2. The number of aromatic nitrogens is 2. The molecule has 0 aliphatic rings. The van der Waals surface area contributed by atoms with Crippen molar-refractivity contribution in [3.63, 3.8) is 0 Å². The standard InChI is InChI=1S/C15H12N4O2S/c16-14(20)10-3-1-5-12(7-10)17-15-18-13(9-22-15)11-4-2-6-19(21)8-11/h1-9H,(H3-,16,17,18,20,21)/p+1. The van der Waals surface area contributed by atoms with Gasteiger partial charge in [-0.15, -0.1) is 11.3 Å². The van der Waals surface area contributed by atoms with Crippen molar-refractivity contribution in [2.45, 2.75) is 0 Å². The monoisotopic (exact) mass is 313 g/mol. The average Bonchev–Trinajstić information content (AvgIpc) is 2.96. The summed E-state index contributed by atoms with van der Waals surface area (Å²) in [6.45, 7) is 0. The molecule has 1 aromatic carbocycles. The van der Waals surface area contributed by atoms with Gasteiger partial charge in [0.2, 0.25) is 18.3 Å². The summed E-state index contributed by atoms with van der Waals surface area (Å²) < 4.78 is 0.984. The summed E-state index contributed by atoms with van der Waals surface area (Å²) in [5.74, 6) is -0.472. The van der Waals surface area contributed by atoms with Crippen molar-refractivity contribution in [2.75, 3.05) is 5.32 Å². The lowest BCUT2D eigenvalue weighted by molar-refractivity contribution is -0.904. The molecular weight excluding hydrogens is 300 g/mol. The van der Waals surface area contributed by atoms with Gasteiger partial charge in [0.15, 0.2) is 5.13 Å². The number of primary amides is 1. The largest absolute Gasteiger partial charge is 0.366 e. The van der Waals surface area contributed by atoms with E-state index in [2.05, 4.69) is 10.3 Å². The summed E-state index contributed by atoms with van der Waals surface area (Å²) >= 11 is 1.43. The number of amides is 1. The summed E-state index contributed by atoms with van der Waals surface area (Å²) in [7, 11) is 0. The number of rotatable bonds is 4. The number of pyridine rings is 1. The van der Waals surface area contributed by atoms with Crippen LogP contribution in [0.2, 0.25) is 0 Å². The van der Waals surface area contributed by atoms with Gasteiger partial charge in [-0.3, -0.25) is 10.0 Å². The smallest absolute Gasteiger partial charge is 0.248 e. The molecule has 3 aromatic rings. The first-order valence-corrected chi connectivity index (χ1v) is 7.33. The van der Waals surface area contributed by atoms with Crippen molar-refractivity contribution in [3.8, 4) is 11.3 Å². The Morgan fingerprint density at radius 1 is 1.32 bits per heavy atom. The van der Waals surface area contributed by atoms with E-state index < -0.39 is 5.91 Å². The molecular formula is C15H13N4O2S+. The van der Waals surface area contributed by atoms with Gasteiger partial charge in [-0.1, -0.05) is 6.07 Å². The van der Waals surface area contributed by atoms with E-state index in [-0.39, 0.29) is 0 Å². The first kappa shape index (κ1) is 14.0. The minimum absolute atomic E-state index is 0.436. The van der Waals surface area contributed by atoms with Crippen LogP contribution < -0.4 is 15.8 Å². The summed E-state index contributed by atoms with van der Waals surface area (Å²) in [6, 6.07) is 10.5. The SMILES string of the molecule is NC(=O)c1cccc(Nc2nc(-c3ccc[n+](O)c3)cs2)c1. The molecule has 2 aromatic heterocycles. The van der Waals surface area contributed by atoms with Crippen molar-refractivity contribution < 1.29 is 14.7 Å². The summed E-state index contributed by atoms with van der Waals surface area (Å²) in [5, 5.41) is 15.1. The van der Waals surface area contributed by atoms with Crippen LogP contribution in [-0.4, -0.2) is 16.1 Å². The maximum Gasteiger partial charge on any atom is 0.248 e. The number of thiazole rings is 1. The maximum atomic E-state index is 11.2.